The molecule has 1 atom stereocenters. The van der Waals surface area contributed by atoms with Gasteiger partial charge in [-0.2, -0.15) is 0 Å². The molecule has 98 valence electrons. The molecule has 0 aromatic heterocycles. The van der Waals surface area contributed by atoms with Crippen molar-refractivity contribution in [3.63, 3.8) is 0 Å². The van der Waals surface area contributed by atoms with Crippen LogP contribution < -0.4 is 0 Å². The molecular formula is C18H15NO. The van der Waals surface area contributed by atoms with Gasteiger partial charge in [0, 0.05) is 5.92 Å². The lowest BCUT2D eigenvalue weighted by Gasteiger charge is -2.15. The lowest BCUT2D eigenvalue weighted by Crippen LogP contribution is -2.03. The Morgan fingerprint density at radius 3 is 2.30 bits per heavy atom. The summed E-state index contributed by atoms with van der Waals surface area (Å²) >= 11 is 0. The molecule has 0 heterocycles. The first-order valence-electron chi connectivity index (χ1n) is 6.60. The van der Waals surface area contributed by atoms with Gasteiger partial charge in [0.1, 0.15) is 0 Å². The lowest BCUT2D eigenvalue weighted by molar-refractivity contribution is 0.320. The Morgan fingerprint density at radius 2 is 1.50 bits per heavy atom. The van der Waals surface area contributed by atoms with Gasteiger partial charge in [0.15, 0.2) is 0 Å². The fourth-order valence-corrected chi connectivity index (χ4v) is 2.59. The van der Waals surface area contributed by atoms with Crippen LogP contribution in [0.25, 0.3) is 10.8 Å². The van der Waals surface area contributed by atoms with Gasteiger partial charge < -0.3 is 5.21 Å². The second-order valence-corrected chi connectivity index (χ2v) is 4.72. The third-order valence-electron chi connectivity index (χ3n) is 3.53. The van der Waals surface area contributed by atoms with Crippen molar-refractivity contribution in [2.24, 2.45) is 5.16 Å². The van der Waals surface area contributed by atoms with E-state index >= 15 is 0 Å². The fourth-order valence-electron chi connectivity index (χ4n) is 2.59. The Kier molecular flexibility index (Phi) is 3.46. The molecule has 3 rings (SSSR count). The molecule has 0 aliphatic rings. The van der Waals surface area contributed by atoms with Gasteiger partial charge in [-0.25, -0.2) is 0 Å². The molecule has 2 heteroatoms. The maximum atomic E-state index is 9.00. The van der Waals surface area contributed by atoms with Crippen molar-refractivity contribution in [1.82, 2.24) is 0 Å². The molecule has 0 bridgehead atoms. The molecule has 0 amide bonds. The van der Waals surface area contributed by atoms with Gasteiger partial charge in [-0.05, 0) is 21.9 Å². The number of rotatable bonds is 3. The number of hydrogen-bond donors (Lipinski definition) is 1. The standard InChI is InChI=1S/C18H15NO/c20-19-13-18(15-7-2-1-3-8-15)17-12-6-10-14-9-4-5-11-16(14)17/h1-13,18,20H/b19-13-. The van der Waals surface area contributed by atoms with Crippen molar-refractivity contribution in [1.29, 1.82) is 0 Å². The zero-order valence-electron chi connectivity index (χ0n) is 11.0. The van der Waals surface area contributed by atoms with Crippen molar-refractivity contribution in [2.75, 3.05) is 0 Å². The summed E-state index contributed by atoms with van der Waals surface area (Å²) < 4.78 is 0. The van der Waals surface area contributed by atoms with Crippen LogP contribution in [0, 0.1) is 0 Å². The summed E-state index contributed by atoms with van der Waals surface area (Å²) in [6, 6.07) is 24.6. The highest BCUT2D eigenvalue weighted by molar-refractivity contribution is 5.90. The van der Waals surface area contributed by atoms with Crippen LogP contribution in [0.2, 0.25) is 0 Å². The Labute approximate surface area is 118 Å². The minimum absolute atomic E-state index is 0.0488. The van der Waals surface area contributed by atoms with Gasteiger partial charge in [0.05, 0.1) is 6.21 Å². The normalized spacial score (nSPS) is 12.8. The topological polar surface area (TPSA) is 32.6 Å². The van der Waals surface area contributed by atoms with E-state index in [4.69, 9.17) is 5.21 Å². The molecule has 2 nitrogen and oxygen atoms in total. The number of oxime groups is 1. The van der Waals surface area contributed by atoms with E-state index < -0.39 is 0 Å². The first-order chi connectivity index (χ1) is 9.90. The monoisotopic (exact) mass is 261 g/mol. The van der Waals surface area contributed by atoms with Crippen molar-refractivity contribution in [3.8, 4) is 0 Å². The van der Waals surface area contributed by atoms with E-state index in [1.54, 1.807) is 6.21 Å². The van der Waals surface area contributed by atoms with Gasteiger partial charge in [-0.3, -0.25) is 0 Å². The fraction of sp³-hybridized carbons (Fsp3) is 0.0556. The minimum atomic E-state index is -0.0488. The molecule has 3 aromatic rings. The lowest BCUT2D eigenvalue weighted by atomic mass is 9.89. The minimum Gasteiger partial charge on any atom is -0.411 e. The third-order valence-corrected chi connectivity index (χ3v) is 3.53. The largest absolute Gasteiger partial charge is 0.411 e. The van der Waals surface area contributed by atoms with Crippen LogP contribution in [-0.4, -0.2) is 11.4 Å². The highest BCUT2D eigenvalue weighted by Gasteiger charge is 2.14. The van der Waals surface area contributed by atoms with Crippen LogP contribution in [-0.2, 0) is 0 Å². The van der Waals surface area contributed by atoms with E-state index in [1.807, 2.05) is 48.5 Å². The van der Waals surface area contributed by atoms with Crippen LogP contribution in [0.15, 0.2) is 78.0 Å². The van der Waals surface area contributed by atoms with E-state index in [1.165, 1.54) is 10.8 Å². The van der Waals surface area contributed by atoms with Crippen LogP contribution in [0.1, 0.15) is 17.0 Å². The van der Waals surface area contributed by atoms with E-state index in [9.17, 15) is 0 Å². The molecule has 0 aliphatic carbocycles. The molecule has 1 N–H and O–H groups in total. The van der Waals surface area contributed by atoms with Gasteiger partial charge >= 0.3 is 0 Å². The molecule has 0 saturated carbocycles. The first kappa shape index (κ1) is 12.4. The maximum absolute atomic E-state index is 9.00. The Bertz CT molecular complexity index is 729. The summed E-state index contributed by atoms with van der Waals surface area (Å²) in [7, 11) is 0. The second kappa shape index (κ2) is 5.57. The summed E-state index contributed by atoms with van der Waals surface area (Å²) in [4.78, 5) is 0. The summed E-state index contributed by atoms with van der Waals surface area (Å²) in [5.74, 6) is -0.0488. The number of hydrogen-bond acceptors (Lipinski definition) is 2. The molecule has 0 radical (unpaired) electrons. The number of fused-ring (bicyclic) bond motifs is 1. The highest BCUT2D eigenvalue weighted by Crippen LogP contribution is 2.29. The maximum Gasteiger partial charge on any atom is 0.0555 e. The van der Waals surface area contributed by atoms with Crippen molar-refractivity contribution in [3.05, 3.63) is 83.9 Å². The van der Waals surface area contributed by atoms with E-state index in [2.05, 4.69) is 29.4 Å². The van der Waals surface area contributed by atoms with Crippen LogP contribution in [0.3, 0.4) is 0 Å². The first-order valence-corrected chi connectivity index (χ1v) is 6.60. The predicted molar refractivity (Wildman–Crippen MR) is 82.5 cm³/mol. The van der Waals surface area contributed by atoms with Gasteiger partial charge in [0.25, 0.3) is 0 Å². The van der Waals surface area contributed by atoms with Crippen LogP contribution in [0.4, 0.5) is 0 Å². The highest BCUT2D eigenvalue weighted by atomic mass is 16.4. The predicted octanol–water partition coefficient (Wildman–Crippen LogP) is 4.43. The quantitative estimate of drug-likeness (QED) is 0.422. The molecule has 0 saturated heterocycles. The SMILES string of the molecule is O/N=C\C(c1ccccc1)c1cccc2ccccc12. The average Bonchev–Trinajstić information content (AvgIpc) is 2.53. The molecule has 0 spiro atoms. The zero-order chi connectivity index (χ0) is 13.8. The van der Waals surface area contributed by atoms with E-state index in [0.717, 1.165) is 11.1 Å². The van der Waals surface area contributed by atoms with Gasteiger partial charge in [-0.15, -0.1) is 5.16 Å². The second-order valence-electron chi connectivity index (χ2n) is 4.72. The Hall–Kier alpha value is -2.61. The zero-order valence-corrected chi connectivity index (χ0v) is 11.0. The van der Waals surface area contributed by atoms with Gasteiger partial charge in [-0.1, -0.05) is 72.8 Å². The van der Waals surface area contributed by atoms with Crippen LogP contribution >= 0.6 is 0 Å². The van der Waals surface area contributed by atoms with Crippen molar-refractivity contribution >= 4 is 17.0 Å². The third kappa shape index (κ3) is 2.28. The number of nitrogens with zero attached hydrogens (tertiary/aromatic N) is 1. The summed E-state index contributed by atoms with van der Waals surface area (Å²) in [6.45, 7) is 0. The van der Waals surface area contributed by atoms with E-state index in [0.29, 0.717) is 0 Å². The smallest absolute Gasteiger partial charge is 0.0555 e. The van der Waals surface area contributed by atoms with Gasteiger partial charge in [0.2, 0.25) is 0 Å². The average molecular weight is 261 g/mol. The number of benzene rings is 3. The Balaban J connectivity index is 2.20. The van der Waals surface area contributed by atoms with E-state index in [-0.39, 0.29) is 5.92 Å². The molecule has 0 aliphatic heterocycles. The molecule has 20 heavy (non-hydrogen) atoms. The molecule has 3 aromatic carbocycles. The summed E-state index contributed by atoms with van der Waals surface area (Å²) in [6.07, 6.45) is 1.58. The molecular weight excluding hydrogens is 246 g/mol. The van der Waals surface area contributed by atoms with Crippen molar-refractivity contribution < 1.29 is 5.21 Å². The summed E-state index contributed by atoms with van der Waals surface area (Å²) in [5, 5.41) is 14.6. The van der Waals surface area contributed by atoms with Crippen molar-refractivity contribution in [2.45, 2.75) is 5.92 Å². The van der Waals surface area contributed by atoms with Crippen LogP contribution in [0.5, 0.6) is 0 Å². The molecule has 0 fully saturated rings. The molecule has 1 unspecified atom stereocenters. The summed E-state index contributed by atoms with van der Waals surface area (Å²) in [5.41, 5.74) is 2.26. The Morgan fingerprint density at radius 1 is 0.800 bits per heavy atom.